The van der Waals surface area contributed by atoms with Crippen molar-refractivity contribution in [2.45, 2.75) is 25.8 Å². The van der Waals surface area contributed by atoms with Gasteiger partial charge in [-0.15, -0.1) is 0 Å². The van der Waals surface area contributed by atoms with Gasteiger partial charge in [0.2, 0.25) is 0 Å². The van der Waals surface area contributed by atoms with Gasteiger partial charge in [0.25, 0.3) is 5.91 Å². The van der Waals surface area contributed by atoms with Crippen molar-refractivity contribution in [2.75, 3.05) is 22.9 Å². The maximum Gasteiger partial charge on any atom is 0.259 e. The lowest BCUT2D eigenvalue weighted by Crippen LogP contribution is -2.29. The van der Waals surface area contributed by atoms with Crippen LogP contribution in [0.1, 0.15) is 35.2 Å². The molecule has 0 atom stereocenters. The molecule has 0 aliphatic carbocycles. The topological polar surface area (TPSA) is 28.5 Å². The maximum atomic E-state index is 13.1. The number of hydrogen-bond acceptors (Lipinski definition) is 2. The van der Waals surface area contributed by atoms with Gasteiger partial charge in [-0.2, -0.15) is 0 Å². The summed E-state index contributed by atoms with van der Waals surface area (Å²) in [6, 6.07) is 14.8. The first-order chi connectivity index (χ1) is 12.7. The van der Waals surface area contributed by atoms with Crippen LogP contribution in [-0.4, -0.2) is 23.6 Å². The third-order valence-electron chi connectivity index (χ3n) is 5.80. The van der Waals surface area contributed by atoms with E-state index in [-0.39, 0.29) is 5.91 Å². The molecule has 5 rings (SSSR count). The zero-order chi connectivity index (χ0) is 17.7. The van der Waals surface area contributed by atoms with Crippen LogP contribution in [0.3, 0.4) is 0 Å². The fourth-order valence-corrected chi connectivity index (χ4v) is 4.27. The van der Waals surface area contributed by atoms with Crippen molar-refractivity contribution < 1.29 is 4.79 Å². The average molecular weight is 345 g/mol. The van der Waals surface area contributed by atoms with Crippen molar-refractivity contribution >= 4 is 28.2 Å². The predicted molar refractivity (Wildman–Crippen MR) is 106 cm³/mol. The first-order valence-corrected chi connectivity index (χ1v) is 9.45. The van der Waals surface area contributed by atoms with Crippen molar-refractivity contribution in [1.29, 1.82) is 0 Å². The molecule has 0 spiro atoms. The van der Waals surface area contributed by atoms with Crippen LogP contribution in [0.25, 0.3) is 10.9 Å². The van der Waals surface area contributed by atoms with Crippen LogP contribution in [0.4, 0.5) is 11.4 Å². The average Bonchev–Trinajstić information content (AvgIpc) is 3.22. The number of fused-ring (bicyclic) bond motifs is 2. The maximum absolute atomic E-state index is 13.1. The minimum absolute atomic E-state index is 0.118. The molecule has 3 heterocycles. The Kier molecular flexibility index (Phi) is 3.52. The molecule has 1 amide bonds. The number of rotatable bonds is 2. The normalized spacial score (nSPS) is 17.2. The number of piperidine rings is 1. The fourth-order valence-electron chi connectivity index (χ4n) is 4.27. The van der Waals surface area contributed by atoms with E-state index < -0.39 is 0 Å². The summed E-state index contributed by atoms with van der Waals surface area (Å²) in [5.41, 5.74) is 5.31. The van der Waals surface area contributed by atoms with Gasteiger partial charge in [0.05, 0.1) is 6.54 Å². The molecule has 4 nitrogen and oxygen atoms in total. The van der Waals surface area contributed by atoms with Crippen molar-refractivity contribution in [3.8, 4) is 0 Å². The van der Waals surface area contributed by atoms with E-state index in [0.29, 0.717) is 6.54 Å². The Morgan fingerprint density at radius 2 is 1.69 bits per heavy atom. The Balaban J connectivity index is 1.48. The lowest BCUT2D eigenvalue weighted by atomic mass is 10.1. The molecule has 132 valence electrons. The molecule has 2 aliphatic heterocycles. The summed E-state index contributed by atoms with van der Waals surface area (Å²) < 4.78 is 2.10. The summed E-state index contributed by atoms with van der Waals surface area (Å²) in [7, 11) is 2.04. The molecular weight excluding hydrogens is 322 g/mol. The SMILES string of the molecule is Cn1ccc2ccc(N3Cc4ccc(N5CCCCC5)cc4C3=O)cc21. The van der Waals surface area contributed by atoms with Crippen LogP contribution in [-0.2, 0) is 13.6 Å². The molecule has 1 aromatic heterocycles. The van der Waals surface area contributed by atoms with Gasteiger partial charge < -0.3 is 14.4 Å². The summed E-state index contributed by atoms with van der Waals surface area (Å²) in [6.07, 6.45) is 5.86. The second-order valence-electron chi connectivity index (χ2n) is 7.45. The van der Waals surface area contributed by atoms with Crippen LogP contribution in [0, 0.1) is 0 Å². The Morgan fingerprint density at radius 3 is 2.54 bits per heavy atom. The van der Waals surface area contributed by atoms with Crippen LogP contribution < -0.4 is 9.80 Å². The summed E-state index contributed by atoms with van der Waals surface area (Å²) in [4.78, 5) is 17.4. The van der Waals surface area contributed by atoms with Crippen LogP contribution in [0.15, 0.2) is 48.7 Å². The third-order valence-corrected chi connectivity index (χ3v) is 5.80. The highest BCUT2D eigenvalue weighted by molar-refractivity contribution is 6.11. The lowest BCUT2D eigenvalue weighted by molar-refractivity contribution is 0.0996. The van der Waals surface area contributed by atoms with Gasteiger partial charge in [0.1, 0.15) is 0 Å². The van der Waals surface area contributed by atoms with E-state index in [2.05, 4.69) is 58.1 Å². The second kappa shape index (κ2) is 5.90. The predicted octanol–water partition coefficient (Wildman–Crippen LogP) is 4.33. The number of anilines is 2. The van der Waals surface area contributed by atoms with Gasteiger partial charge in [0.15, 0.2) is 0 Å². The van der Waals surface area contributed by atoms with Crippen LogP contribution >= 0.6 is 0 Å². The summed E-state index contributed by atoms with van der Waals surface area (Å²) >= 11 is 0. The molecule has 2 aliphatic rings. The number of aryl methyl sites for hydroxylation is 1. The smallest absolute Gasteiger partial charge is 0.259 e. The molecule has 3 aromatic rings. The highest BCUT2D eigenvalue weighted by Gasteiger charge is 2.29. The third kappa shape index (κ3) is 2.40. The Bertz CT molecular complexity index is 998. The first kappa shape index (κ1) is 15.5. The van der Waals surface area contributed by atoms with E-state index in [1.54, 1.807) is 0 Å². The van der Waals surface area contributed by atoms with E-state index in [1.807, 2.05) is 11.9 Å². The molecule has 26 heavy (non-hydrogen) atoms. The number of carbonyl (C=O) groups is 1. The largest absolute Gasteiger partial charge is 0.372 e. The molecule has 0 saturated carbocycles. The van der Waals surface area contributed by atoms with E-state index in [9.17, 15) is 4.79 Å². The van der Waals surface area contributed by atoms with E-state index in [4.69, 9.17) is 0 Å². The number of aromatic nitrogens is 1. The fraction of sp³-hybridized carbons (Fsp3) is 0.318. The number of benzene rings is 2. The van der Waals surface area contributed by atoms with Crippen LogP contribution in [0.5, 0.6) is 0 Å². The quantitative estimate of drug-likeness (QED) is 0.692. The van der Waals surface area contributed by atoms with Gasteiger partial charge in [0, 0.05) is 48.8 Å². The number of hydrogen-bond donors (Lipinski definition) is 0. The molecule has 0 N–H and O–H groups in total. The number of nitrogens with zero attached hydrogens (tertiary/aromatic N) is 3. The minimum Gasteiger partial charge on any atom is -0.372 e. The molecule has 1 fully saturated rings. The number of carbonyl (C=O) groups excluding carboxylic acids is 1. The molecular formula is C22H23N3O. The van der Waals surface area contributed by atoms with Crippen molar-refractivity contribution in [2.24, 2.45) is 7.05 Å². The van der Waals surface area contributed by atoms with Crippen molar-refractivity contribution in [3.05, 3.63) is 59.8 Å². The lowest BCUT2D eigenvalue weighted by Gasteiger charge is -2.29. The van der Waals surface area contributed by atoms with E-state index >= 15 is 0 Å². The molecule has 4 heteroatoms. The highest BCUT2D eigenvalue weighted by atomic mass is 16.2. The van der Waals surface area contributed by atoms with Gasteiger partial charge >= 0.3 is 0 Å². The number of amides is 1. The second-order valence-corrected chi connectivity index (χ2v) is 7.45. The summed E-state index contributed by atoms with van der Waals surface area (Å²) in [6.45, 7) is 2.85. The van der Waals surface area contributed by atoms with Gasteiger partial charge in [-0.25, -0.2) is 0 Å². The van der Waals surface area contributed by atoms with E-state index in [1.165, 1.54) is 30.3 Å². The van der Waals surface area contributed by atoms with E-state index in [0.717, 1.165) is 35.4 Å². The minimum atomic E-state index is 0.118. The first-order valence-electron chi connectivity index (χ1n) is 9.45. The summed E-state index contributed by atoms with van der Waals surface area (Å²) in [5, 5.41) is 1.20. The molecule has 0 unspecified atom stereocenters. The van der Waals surface area contributed by atoms with Gasteiger partial charge in [-0.05, 0) is 60.5 Å². The Labute approximate surface area is 153 Å². The van der Waals surface area contributed by atoms with Crippen molar-refractivity contribution in [1.82, 2.24) is 4.57 Å². The molecule has 0 radical (unpaired) electrons. The standard InChI is InChI=1S/C22H23N3O/c1-23-12-9-16-5-8-19(14-21(16)23)25-15-17-6-7-18(13-20(17)22(25)26)24-10-3-2-4-11-24/h5-9,12-14H,2-4,10-11,15H2,1H3. The zero-order valence-electron chi connectivity index (χ0n) is 15.1. The summed E-state index contributed by atoms with van der Waals surface area (Å²) in [5.74, 6) is 0.118. The van der Waals surface area contributed by atoms with Crippen molar-refractivity contribution in [3.63, 3.8) is 0 Å². The Morgan fingerprint density at radius 1 is 0.885 bits per heavy atom. The highest BCUT2D eigenvalue weighted by Crippen LogP contribution is 2.33. The van der Waals surface area contributed by atoms with Crippen LogP contribution in [0.2, 0.25) is 0 Å². The molecule has 2 aromatic carbocycles. The van der Waals surface area contributed by atoms with Gasteiger partial charge in [-0.3, -0.25) is 4.79 Å². The Hall–Kier alpha value is -2.75. The molecule has 1 saturated heterocycles. The molecule has 0 bridgehead atoms. The van der Waals surface area contributed by atoms with Gasteiger partial charge in [-0.1, -0.05) is 12.1 Å². The monoisotopic (exact) mass is 345 g/mol. The zero-order valence-corrected chi connectivity index (χ0v) is 15.1.